The van der Waals surface area contributed by atoms with Crippen molar-refractivity contribution in [1.29, 1.82) is 0 Å². The third-order valence-electron chi connectivity index (χ3n) is 3.04. The second-order valence-electron chi connectivity index (χ2n) is 4.40. The zero-order valence-corrected chi connectivity index (χ0v) is 11.9. The average Bonchev–Trinajstić information content (AvgIpc) is 2.48. The normalized spacial score (nSPS) is 25.4. The van der Waals surface area contributed by atoms with Crippen molar-refractivity contribution in [3.05, 3.63) is 21.8 Å². The van der Waals surface area contributed by atoms with E-state index in [4.69, 9.17) is 22.1 Å². The first-order valence-electron chi connectivity index (χ1n) is 5.90. The molecular weight excluding hydrogens is 304 g/mol. The highest BCUT2D eigenvalue weighted by molar-refractivity contribution is 9.10. The Kier molecular flexibility index (Phi) is 4.65. The van der Waals surface area contributed by atoms with Crippen molar-refractivity contribution in [2.45, 2.75) is 44.2 Å². The molecule has 2 N–H and O–H groups in total. The Morgan fingerprint density at radius 1 is 1.35 bits per heavy atom. The third-order valence-corrected chi connectivity index (χ3v) is 3.82. The lowest BCUT2D eigenvalue weighted by Gasteiger charge is -2.22. The monoisotopic (exact) mass is 318 g/mol. The predicted molar refractivity (Wildman–Crippen MR) is 72.4 cm³/mol. The molecule has 0 radical (unpaired) electrons. The van der Waals surface area contributed by atoms with Gasteiger partial charge in [0.25, 0.3) is 0 Å². The van der Waals surface area contributed by atoms with Crippen LogP contribution < -0.4 is 10.5 Å². The number of rotatable bonds is 2. The summed E-state index contributed by atoms with van der Waals surface area (Å²) in [4.78, 5) is 4.18. The highest BCUT2D eigenvalue weighted by atomic mass is 79.9. The van der Waals surface area contributed by atoms with E-state index in [-0.39, 0.29) is 12.1 Å². The molecule has 17 heavy (non-hydrogen) atoms. The largest absolute Gasteiger partial charge is 0.472 e. The van der Waals surface area contributed by atoms with E-state index in [9.17, 15) is 0 Å². The van der Waals surface area contributed by atoms with Crippen molar-refractivity contribution in [2.75, 3.05) is 0 Å². The Hall–Kier alpha value is -0.320. The number of aromatic nitrogens is 1. The highest BCUT2D eigenvalue weighted by Gasteiger charge is 2.23. The van der Waals surface area contributed by atoms with E-state index in [1.165, 1.54) is 19.3 Å². The first kappa shape index (κ1) is 13.1. The number of ether oxygens (including phenoxy) is 1. The van der Waals surface area contributed by atoms with Crippen LogP contribution in [-0.2, 0) is 0 Å². The summed E-state index contributed by atoms with van der Waals surface area (Å²) in [6.07, 6.45) is 7.27. The van der Waals surface area contributed by atoms with Crippen molar-refractivity contribution in [3.63, 3.8) is 0 Å². The van der Waals surface area contributed by atoms with E-state index < -0.39 is 0 Å². The predicted octanol–water partition coefficient (Wildman–Crippen LogP) is 3.54. The minimum atomic E-state index is 0.0578. The van der Waals surface area contributed by atoms with Crippen molar-refractivity contribution in [1.82, 2.24) is 4.98 Å². The molecule has 0 aliphatic heterocycles. The smallest absolute Gasteiger partial charge is 0.228 e. The van der Waals surface area contributed by atoms with Crippen LogP contribution in [0, 0.1) is 0 Å². The molecule has 2 unspecified atom stereocenters. The second-order valence-corrected chi connectivity index (χ2v) is 5.69. The standard InChI is InChI=1S/C12H16BrClN2O/c13-9-6-8(14)7-16-12(9)17-11-5-3-1-2-4-10(11)15/h6-7,10-11H,1-5,15H2. The topological polar surface area (TPSA) is 48.1 Å². The molecule has 1 aromatic rings. The molecule has 1 heterocycles. The highest BCUT2D eigenvalue weighted by Crippen LogP contribution is 2.28. The Morgan fingerprint density at radius 3 is 2.88 bits per heavy atom. The summed E-state index contributed by atoms with van der Waals surface area (Å²) in [5.41, 5.74) is 6.11. The summed E-state index contributed by atoms with van der Waals surface area (Å²) in [6, 6.07) is 1.88. The van der Waals surface area contributed by atoms with Crippen LogP contribution in [0.15, 0.2) is 16.7 Å². The van der Waals surface area contributed by atoms with Crippen molar-refractivity contribution >= 4 is 27.5 Å². The maximum atomic E-state index is 6.11. The molecule has 1 saturated carbocycles. The van der Waals surface area contributed by atoms with Crippen molar-refractivity contribution < 1.29 is 4.74 Å². The van der Waals surface area contributed by atoms with Gasteiger partial charge in [-0.25, -0.2) is 4.98 Å². The minimum Gasteiger partial charge on any atom is -0.472 e. The molecule has 1 aromatic heterocycles. The molecule has 0 spiro atoms. The van der Waals surface area contributed by atoms with Gasteiger partial charge in [0.05, 0.1) is 9.50 Å². The van der Waals surface area contributed by atoms with Crippen molar-refractivity contribution in [3.8, 4) is 5.88 Å². The molecule has 1 fully saturated rings. The summed E-state index contributed by atoms with van der Waals surface area (Å²) in [6.45, 7) is 0. The van der Waals surface area contributed by atoms with Gasteiger partial charge in [-0.1, -0.05) is 24.4 Å². The van der Waals surface area contributed by atoms with Gasteiger partial charge in [0.15, 0.2) is 0 Å². The van der Waals surface area contributed by atoms with Crippen LogP contribution in [0.5, 0.6) is 5.88 Å². The molecule has 2 atom stereocenters. The number of hydrogen-bond donors (Lipinski definition) is 1. The van der Waals surface area contributed by atoms with Crippen LogP contribution in [0.25, 0.3) is 0 Å². The summed E-state index contributed by atoms with van der Waals surface area (Å²) < 4.78 is 6.67. The van der Waals surface area contributed by atoms with Crippen LogP contribution in [0.4, 0.5) is 0 Å². The van der Waals surface area contributed by atoms with Gasteiger partial charge in [-0.3, -0.25) is 0 Å². The van der Waals surface area contributed by atoms with E-state index in [1.54, 1.807) is 12.3 Å². The van der Waals surface area contributed by atoms with Crippen molar-refractivity contribution in [2.24, 2.45) is 5.73 Å². The molecule has 1 aliphatic carbocycles. The summed E-state index contributed by atoms with van der Waals surface area (Å²) >= 11 is 9.24. The van der Waals surface area contributed by atoms with Gasteiger partial charge >= 0.3 is 0 Å². The second kappa shape index (κ2) is 6.03. The lowest BCUT2D eigenvalue weighted by atomic mass is 10.1. The molecule has 5 heteroatoms. The molecule has 3 nitrogen and oxygen atoms in total. The Morgan fingerprint density at radius 2 is 2.12 bits per heavy atom. The number of hydrogen-bond acceptors (Lipinski definition) is 3. The summed E-state index contributed by atoms with van der Waals surface area (Å²) in [5, 5.41) is 0.592. The Bertz CT molecular complexity index is 389. The van der Waals surface area contributed by atoms with Gasteiger partial charge in [0.1, 0.15) is 6.10 Å². The lowest BCUT2D eigenvalue weighted by Crippen LogP contribution is -2.38. The van der Waals surface area contributed by atoms with E-state index in [0.717, 1.165) is 17.3 Å². The van der Waals surface area contributed by atoms with Gasteiger partial charge in [-0.2, -0.15) is 0 Å². The first-order chi connectivity index (χ1) is 8.16. The molecule has 0 saturated heterocycles. The molecule has 94 valence electrons. The quantitative estimate of drug-likeness (QED) is 0.848. The Labute approximate surface area is 115 Å². The maximum Gasteiger partial charge on any atom is 0.228 e. The molecular formula is C12H16BrClN2O. The van der Waals surface area contributed by atoms with Gasteiger partial charge in [-0.15, -0.1) is 0 Å². The summed E-state index contributed by atoms with van der Waals surface area (Å²) in [7, 11) is 0. The average molecular weight is 320 g/mol. The SMILES string of the molecule is NC1CCCCCC1Oc1ncc(Cl)cc1Br. The maximum absolute atomic E-state index is 6.11. The molecule has 2 rings (SSSR count). The fourth-order valence-corrected chi connectivity index (χ4v) is 2.81. The molecule has 0 bridgehead atoms. The van der Waals surface area contributed by atoms with Crippen LogP contribution in [0.2, 0.25) is 5.02 Å². The van der Waals surface area contributed by atoms with Gasteiger partial charge in [0.2, 0.25) is 5.88 Å². The zero-order chi connectivity index (χ0) is 12.3. The minimum absolute atomic E-state index is 0.0578. The van der Waals surface area contributed by atoms with E-state index in [2.05, 4.69) is 20.9 Å². The van der Waals surface area contributed by atoms with Crippen LogP contribution >= 0.6 is 27.5 Å². The van der Waals surface area contributed by atoms with Crippen LogP contribution in [0.1, 0.15) is 32.1 Å². The Balaban J connectivity index is 2.08. The number of nitrogens with zero attached hydrogens (tertiary/aromatic N) is 1. The fraction of sp³-hybridized carbons (Fsp3) is 0.583. The van der Waals surface area contributed by atoms with E-state index in [1.807, 2.05) is 0 Å². The van der Waals surface area contributed by atoms with Crippen LogP contribution in [-0.4, -0.2) is 17.1 Å². The van der Waals surface area contributed by atoms with Gasteiger partial charge < -0.3 is 10.5 Å². The molecule has 0 amide bonds. The molecule has 1 aliphatic rings. The van der Waals surface area contributed by atoms with Crippen LogP contribution in [0.3, 0.4) is 0 Å². The fourth-order valence-electron chi connectivity index (χ4n) is 2.08. The van der Waals surface area contributed by atoms with E-state index >= 15 is 0 Å². The number of pyridine rings is 1. The first-order valence-corrected chi connectivity index (χ1v) is 7.07. The van der Waals surface area contributed by atoms with Gasteiger partial charge in [0, 0.05) is 12.2 Å². The van der Waals surface area contributed by atoms with Gasteiger partial charge in [-0.05, 0) is 41.3 Å². The van der Waals surface area contributed by atoms with E-state index in [0.29, 0.717) is 10.9 Å². The zero-order valence-electron chi connectivity index (χ0n) is 9.53. The number of nitrogens with two attached hydrogens (primary N) is 1. The third kappa shape index (κ3) is 3.57. The lowest BCUT2D eigenvalue weighted by molar-refractivity contribution is 0.155. The summed E-state index contributed by atoms with van der Waals surface area (Å²) in [5.74, 6) is 0.580. The molecule has 0 aromatic carbocycles. The number of halogens is 2.